The molecular weight excluding hydrogens is 540 g/mol. The molecule has 0 bridgehead atoms. The number of carboxylic acid groups (broad SMARTS) is 1. The molecule has 0 saturated carbocycles. The number of carbonyl (C=O) groups is 2. The van der Waals surface area contributed by atoms with Crippen molar-refractivity contribution in [3.63, 3.8) is 0 Å². The SMILES string of the molecule is CCCCc1nc2c(N)nc3ccsc3c2n1Cc1ccc(CNCCC(=O)N[C@@H](Cc2c[nH]cn2)C(=O)O)cc1. The quantitative estimate of drug-likeness (QED) is 0.126. The summed E-state index contributed by atoms with van der Waals surface area (Å²) in [7, 11) is 0. The Bertz CT molecular complexity index is 1630. The predicted octanol–water partition coefficient (Wildman–Crippen LogP) is 3.63. The molecule has 4 aromatic heterocycles. The number of amides is 1. The van der Waals surface area contributed by atoms with Crippen molar-refractivity contribution in [1.29, 1.82) is 0 Å². The van der Waals surface area contributed by atoms with E-state index >= 15 is 0 Å². The molecule has 6 N–H and O–H groups in total. The second-order valence-corrected chi connectivity index (χ2v) is 10.9. The molecule has 0 fully saturated rings. The Morgan fingerprint density at radius 2 is 1.98 bits per heavy atom. The summed E-state index contributed by atoms with van der Waals surface area (Å²) in [6.07, 6.45) is 6.41. The van der Waals surface area contributed by atoms with Crippen molar-refractivity contribution in [3.8, 4) is 0 Å². The number of rotatable bonds is 14. The van der Waals surface area contributed by atoms with Gasteiger partial charge in [-0.2, -0.15) is 0 Å². The van der Waals surface area contributed by atoms with E-state index in [1.165, 1.54) is 6.33 Å². The molecule has 12 heteroatoms. The molecule has 5 rings (SSSR count). The minimum atomic E-state index is -1.09. The second kappa shape index (κ2) is 12.9. The monoisotopic (exact) mass is 574 g/mol. The number of aliphatic carboxylic acids is 1. The minimum absolute atomic E-state index is 0.127. The zero-order valence-electron chi connectivity index (χ0n) is 22.9. The van der Waals surface area contributed by atoms with Crippen LogP contribution in [-0.2, 0) is 35.5 Å². The van der Waals surface area contributed by atoms with Crippen molar-refractivity contribution >= 4 is 50.3 Å². The number of hydrogen-bond donors (Lipinski definition) is 5. The van der Waals surface area contributed by atoms with E-state index in [2.05, 4.69) is 61.3 Å². The molecule has 0 aliphatic heterocycles. The highest BCUT2D eigenvalue weighted by atomic mass is 32.1. The fourth-order valence-corrected chi connectivity index (χ4v) is 5.70. The van der Waals surface area contributed by atoms with Crippen LogP contribution in [0.15, 0.2) is 48.2 Å². The van der Waals surface area contributed by atoms with Gasteiger partial charge in [0.05, 0.1) is 27.8 Å². The largest absolute Gasteiger partial charge is 0.480 e. The number of anilines is 1. The first kappa shape index (κ1) is 28.2. The van der Waals surface area contributed by atoms with E-state index in [1.807, 2.05) is 11.4 Å². The van der Waals surface area contributed by atoms with Crippen LogP contribution in [0, 0.1) is 0 Å². The Morgan fingerprint density at radius 3 is 2.71 bits per heavy atom. The molecular formula is C29H34N8O3S. The van der Waals surface area contributed by atoms with Crippen molar-refractivity contribution in [2.24, 2.45) is 0 Å². The van der Waals surface area contributed by atoms with Gasteiger partial charge in [0.25, 0.3) is 0 Å². The number of carboxylic acids is 1. The summed E-state index contributed by atoms with van der Waals surface area (Å²) in [5, 5.41) is 17.3. The molecule has 0 radical (unpaired) electrons. The van der Waals surface area contributed by atoms with Gasteiger partial charge in [0, 0.05) is 45.1 Å². The summed E-state index contributed by atoms with van der Waals surface area (Å²) in [5.41, 5.74) is 11.8. The molecule has 1 atom stereocenters. The van der Waals surface area contributed by atoms with Gasteiger partial charge >= 0.3 is 5.97 Å². The fourth-order valence-electron chi connectivity index (χ4n) is 4.81. The van der Waals surface area contributed by atoms with E-state index in [0.717, 1.165) is 57.5 Å². The molecule has 0 spiro atoms. The van der Waals surface area contributed by atoms with Crippen molar-refractivity contribution in [3.05, 3.63) is 70.9 Å². The molecule has 214 valence electrons. The van der Waals surface area contributed by atoms with Crippen molar-refractivity contribution in [2.75, 3.05) is 12.3 Å². The minimum Gasteiger partial charge on any atom is -0.480 e. The summed E-state index contributed by atoms with van der Waals surface area (Å²) in [6, 6.07) is 9.36. The number of carbonyl (C=O) groups excluding carboxylic acids is 1. The van der Waals surface area contributed by atoms with Gasteiger partial charge in [-0.3, -0.25) is 4.79 Å². The molecule has 4 heterocycles. The van der Waals surface area contributed by atoms with Crippen LogP contribution >= 0.6 is 11.3 Å². The molecule has 1 aromatic carbocycles. The number of thiophene rings is 1. The smallest absolute Gasteiger partial charge is 0.326 e. The Kier molecular flexibility index (Phi) is 8.90. The van der Waals surface area contributed by atoms with E-state index in [-0.39, 0.29) is 18.7 Å². The van der Waals surface area contributed by atoms with Gasteiger partial charge in [0.2, 0.25) is 5.91 Å². The number of aromatic amines is 1. The van der Waals surface area contributed by atoms with Gasteiger partial charge in [0.15, 0.2) is 5.82 Å². The van der Waals surface area contributed by atoms with Crippen LogP contribution < -0.4 is 16.4 Å². The van der Waals surface area contributed by atoms with Gasteiger partial charge in [0.1, 0.15) is 17.4 Å². The number of unbranched alkanes of at least 4 members (excludes halogenated alkanes) is 1. The van der Waals surface area contributed by atoms with Crippen molar-refractivity contribution in [2.45, 2.75) is 58.2 Å². The van der Waals surface area contributed by atoms with Gasteiger partial charge in [-0.25, -0.2) is 19.7 Å². The van der Waals surface area contributed by atoms with E-state index < -0.39 is 12.0 Å². The summed E-state index contributed by atoms with van der Waals surface area (Å²) in [4.78, 5) is 40.1. The standard InChI is InChI=1S/C29H34N8O3S/c1-2-3-4-23-36-25-26(27-21(10-12-41-27)35-28(25)30)37(23)16-19-7-5-18(6-8-19)14-31-11-9-24(38)34-22(29(39)40)13-20-15-32-17-33-20/h5-8,10,12,15,17,22,31H,2-4,9,11,13-14,16H2,1H3,(H2,30,35)(H,32,33)(H,34,38)(H,39,40)/t22-/m0/s1. The number of hydrogen-bond acceptors (Lipinski definition) is 8. The number of pyridine rings is 1. The molecule has 0 saturated heterocycles. The van der Waals surface area contributed by atoms with E-state index in [9.17, 15) is 14.7 Å². The highest BCUT2D eigenvalue weighted by Crippen LogP contribution is 2.33. The van der Waals surface area contributed by atoms with Gasteiger partial charge in [-0.15, -0.1) is 11.3 Å². The Balaban J connectivity index is 1.18. The molecule has 5 aromatic rings. The van der Waals surface area contributed by atoms with Gasteiger partial charge < -0.3 is 31.0 Å². The molecule has 0 aliphatic carbocycles. The number of aromatic nitrogens is 5. The average Bonchev–Trinajstić information content (AvgIpc) is 3.71. The zero-order valence-corrected chi connectivity index (χ0v) is 23.7. The molecule has 41 heavy (non-hydrogen) atoms. The number of aryl methyl sites for hydroxylation is 1. The van der Waals surface area contributed by atoms with Gasteiger partial charge in [-0.05, 0) is 29.0 Å². The highest BCUT2D eigenvalue weighted by Gasteiger charge is 2.21. The zero-order chi connectivity index (χ0) is 28.8. The average molecular weight is 575 g/mol. The first-order valence-corrected chi connectivity index (χ1v) is 14.6. The Hall–Kier alpha value is -4.29. The first-order valence-electron chi connectivity index (χ1n) is 13.7. The van der Waals surface area contributed by atoms with Crippen LogP contribution in [0.5, 0.6) is 0 Å². The maximum atomic E-state index is 12.3. The Labute approximate surface area is 241 Å². The molecule has 11 nitrogen and oxygen atoms in total. The lowest BCUT2D eigenvalue weighted by Crippen LogP contribution is -2.43. The van der Waals surface area contributed by atoms with Crippen LogP contribution in [0.4, 0.5) is 5.82 Å². The van der Waals surface area contributed by atoms with Crippen molar-refractivity contribution in [1.82, 2.24) is 35.1 Å². The van der Waals surface area contributed by atoms with Crippen LogP contribution in [0.1, 0.15) is 48.8 Å². The lowest BCUT2D eigenvalue weighted by molar-refractivity contribution is -0.141. The van der Waals surface area contributed by atoms with Crippen molar-refractivity contribution < 1.29 is 14.7 Å². The third-order valence-electron chi connectivity index (χ3n) is 6.97. The van der Waals surface area contributed by atoms with E-state index in [1.54, 1.807) is 17.5 Å². The fraction of sp³-hybridized carbons (Fsp3) is 0.345. The van der Waals surface area contributed by atoms with Crippen LogP contribution in [-0.4, -0.2) is 54.1 Å². The van der Waals surface area contributed by atoms with Crippen LogP contribution in [0.3, 0.4) is 0 Å². The predicted molar refractivity (Wildman–Crippen MR) is 160 cm³/mol. The number of fused-ring (bicyclic) bond motifs is 3. The highest BCUT2D eigenvalue weighted by molar-refractivity contribution is 7.18. The number of imidazole rings is 2. The third-order valence-corrected chi connectivity index (χ3v) is 7.88. The number of benzene rings is 1. The summed E-state index contributed by atoms with van der Waals surface area (Å²) in [6.45, 7) is 3.88. The summed E-state index contributed by atoms with van der Waals surface area (Å²) >= 11 is 1.66. The summed E-state index contributed by atoms with van der Waals surface area (Å²) < 4.78 is 3.38. The van der Waals surface area contributed by atoms with E-state index in [0.29, 0.717) is 31.1 Å². The van der Waals surface area contributed by atoms with Crippen LogP contribution in [0.25, 0.3) is 21.3 Å². The number of nitrogen functional groups attached to an aromatic ring is 1. The third kappa shape index (κ3) is 6.72. The second-order valence-electron chi connectivity index (χ2n) is 10.0. The maximum absolute atomic E-state index is 12.3. The molecule has 1 amide bonds. The lowest BCUT2D eigenvalue weighted by Gasteiger charge is -2.14. The number of nitrogens with zero attached hydrogens (tertiary/aromatic N) is 4. The van der Waals surface area contributed by atoms with E-state index in [4.69, 9.17) is 10.7 Å². The van der Waals surface area contributed by atoms with Gasteiger partial charge in [-0.1, -0.05) is 37.6 Å². The first-order chi connectivity index (χ1) is 19.9. The maximum Gasteiger partial charge on any atom is 0.326 e. The number of nitrogens with two attached hydrogens (primary N) is 1. The number of H-pyrrole nitrogens is 1. The molecule has 0 aliphatic rings. The topological polar surface area (TPSA) is 164 Å². The summed E-state index contributed by atoms with van der Waals surface area (Å²) in [5.74, 6) is 0.0804. The van der Waals surface area contributed by atoms with Crippen LogP contribution in [0.2, 0.25) is 0 Å². The normalized spacial score (nSPS) is 12.2. The lowest BCUT2D eigenvalue weighted by atomic mass is 10.1. The Morgan fingerprint density at radius 1 is 1.17 bits per heavy atom. The molecule has 0 unspecified atom stereocenters. The number of nitrogens with one attached hydrogen (secondary N) is 3.